The van der Waals surface area contributed by atoms with Gasteiger partial charge in [0.25, 0.3) is 0 Å². The Morgan fingerprint density at radius 2 is 1.17 bits per heavy atom. The largest absolute Gasteiger partial charge is 0.283 e. The molecule has 0 unspecified atom stereocenters. The van der Waals surface area contributed by atoms with Crippen LogP contribution < -0.4 is 0 Å². The Bertz CT molecular complexity index is 1650. The van der Waals surface area contributed by atoms with E-state index in [1.807, 2.05) is 24.7 Å². The number of aryl methyl sites for hydroxylation is 2. The summed E-state index contributed by atoms with van der Waals surface area (Å²) in [6.07, 6.45) is 3.75. The van der Waals surface area contributed by atoms with E-state index in [9.17, 15) is 0 Å². The van der Waals surface area contributed by atoms with Crippen molar-refractivity contribution in [3.05, 3.63) is 127 Å². The first kappa shape index (κ1) is 21.1. The molecule has 35 heavy (non-hydrogen) atoms. The normalized spacial score (nSPS) is 11.1. The number of pyridine rings is 1. The average molecular weight is 452 g/mol. The summed E-state index contributed by atoms with van der Waals surface area (Å²) in [4.78, 5) is 9.49. The predicted octanol–water partition coefficient (Wildman–Crippen LogP) is 8.04. The number of fused-ring (bicyclic) bond motifs is 1. The first-order chi connectivity index (χ1) is 17.2. The second-order valence-corrected chi connectivity index (χ2v) is 8.91. The Labute approximate surface area is 205 Å². The molecule has 6 aromatic rings. The molecule has 0 radical (unpaired) electrons. The van der Waals surface area contributed by atoms with Gasteiger partial charge in [0.2, 0.25) is 0 Å². The Hall–Kier alpha value is -4.50. The summed E-state index contributed by atoms with van der Waals surface area (Å²) < 4.78 is 2.08. The SMILES string of the molecule is Cc1cc(-c2ccnc3c2ncn3-c2ccc(-c3ccccc3)c(C)c2)ccc1-c1ccccc1. The molecule has 3 nitrogen and oxygen atoms in total. The minimum absolute atomic E-state index is 0.860. The van der Waals surface area contributed by atoms with Gasteiger partial charge in [-0.15, -0.1) is 0 Å². The molecule has 168 valence electrons. The van der Waals surface area contributed by atoms with Crippen molar-refractivity contribution in [1.29, 1.82) is 0 Å². The molecule has 0 aliphatic rings. The molecule has 3 heteroatoms. The van der Waals surface area contributed by atoms with Crippen LogP contribution in [0.2, 0.25) is 0 Å². The Morgan fingerprint density at radius 3 is 1.80 bits per heavy atom. The topological polar surface area (TPSA) is 30.7 Å². The fourth-order valence-corrected chi connectivity index (χ4v) is 4.85. The summed E-state index contributed by atoms with van der Waals surface area (Å²) in [6, 6.07) is 36.2. The molecule has 0 saturated carbocycles. The number of aromatic nitrogens is 3. The second-order valence-electron chi connectivity index (χ2n) is 8.91. The van der Waals surface area contributed by atoms with Gasteiger partial charge < -0.3 is 0 Å². The molecule has 2 heterocycles. The van der Waals surface area contributed by atoms with Gasteiger partial charge in [0, 0.05) is 17.4 Å². The van der Waals surface area contributed by atoms with Crippen LogP contribution in [0.5, 0.6) is 0 Å². The lowest BCUT2D eigenvalue weighted by molar-refractivity contribution is 1.06. The van der Waals surface area contributed by atoms with E-state index in [2.05, 4.69) is 109 Å². The van der Waals surface area contributed by atoms with Crippen molar-refractivity contribution in [3.8, 4) is 39.1 Å². The highest BCUT2D eigenvalue weighted by Crippen LogP contribution is 2.33. The quantitative estimate of drug-likeness (QED) is 0.271. The van der Waals surface area contributed by atoms with Crippen molar-refractivity contribution in [2.75, 3.05) is 0 Å². The molecule has 0 aliphatic heterocycles. The van der Waals surface area contributed by atoms with E-state index in [4.69, 9.17) is 9.97 Å². The van der Waals surface area contributed by atoms with Gasteiger partial charge in [-0.1, -0.05) is 84.9 Å². The molecule has 0 aliphatic carbocycles. The molecule has 0 fully saturated rings. The number of rotatable bonds is 4. The molecule has 4 aromatic carbocycles. The van der Waals surface area contributed by atoms with Crippen molar-refractivity contribution in [2.24, 2.45) is 0 Å². The maximum absolute atomic E-state index is 4.79. The van der Waals surface area contributed by atoms with E-state index >= 15 is 0 Å². The first-order valence-corrected chi connectivity index (χ1v) is 11.8. The number of imidazole rings is 1. The zero-order valence-corrected chi connectivity index (χ0v) is 19.8. The zero-order chi connectivity index (χ0) is 23.8. The summed E-state index contributed by atoms with van der Waals surface area (Å²) in [5.41, 5.74) is 12.5. The van der Waals surface area contributed by atoms with Crippen molar-refractivity contribution >= 4 is 11.2 Å². The highest BCUT2D eigenvalue weighted by molar-refractivity contribution is 5.91. The van der Waals surface area contributed by atoms with Gasteiger partial charge >= 0.3 is 0 Å². The van der Waals surface area contributed by atoms with Crippen LogP contribution in [-0.4, -0.2) is 14.5 Å². The first-order valence-electron chi connectivity index (χ1n) is 11.8. The zero-order valence-electron chi connectivity index (χ0n) is 19.8. The lowest BCUT2D eigenvalue weighted by Gasteiger charge is -2.11. The van der Waals surface area contributed by atoms with Crippen LogP contribution in [0.15, 0.2) is 116 Å². The molecule has 0 bridgehead atoms. The smallest absolute Gasteiger partial charge is 0.165 e. The predicted molar refractivity (Wildman–Crippen MR) is 145 cm³/mol. The Morgan fingerprint density at radius 1 is 0.543 bits per heavy atom. The van der Waals surface area contributed by atoms with Crippen LogP contribution in [-0.2, 0) is 0 Å². The molecule has 2 aromatic heterocycles. The third-order valence-corrected chi connectivity index (χ3v) is 6.63. The third-order valence-electron chi connectivity index (χ3n) is 6.63. The number of nitrogens with zero attached hydrogens (tertiary/aromatic N) is 3. The summed E-state index contributed by atoms with van der Waals surface area (Å²) in [7, 11) is 0. The van der Waals surface area contributed by atoms with Crippen molar-refractivity contribution in [3.63, 3.8) is 0 Å². The molecular weight excluding hydrogens is 426 g/mol. The molecule has 0 saturated heterocycles. The van der Waals surface area contributed by atoms with E-state index in [0.29, 0.717) is 0 Å². The average Bonchev–Trinajstić information content (AvgIpc) is 3.34. The Kier molecular flexibility index (Phi) is 5.23. The van der Waals surface area contributed by atoms with Gasteiger partial charge in [-0.25, -0.2) is 9.97 Å². The molecule has 6 rings (SSSR count). The van der Waals surface area contributed by atoms with Gasteiger partial charge in [0.15, 0.2) is 5.65 Å². The third kappa shape index (κ3) is 3.81. The number of hydrogen-bond acceptors (Lipinski definition) is 2. The van der Waals surface area contributed by atoms with Gasteiger partial charge in [0.1, 0.15) is 11.8 Å². The highest BCUT2D eigenvalue weighted by atomic mass is 15.1. The molecule has 0 N–H and O–H groups in total. The van der Waals surface area contributed by atoms with Gasteiger partial charge in [-0.05, 0) is 71.0 Å². The Balaban J connectivity index is 1.40. The summed E-state index contributed by atoms with van der Waals surface area (Å²) >= 11 is 0. The van der Waals surface area contributed by atoms with E-state index in [0.717, 1.165) is 28.0 Å². The van der Waals surface area contributed by atoms with Crippen LogP contribution in [0.1, 0.15) is 11.1 Å². The van der Waals surface area contributed by atoms with Crippen LogP contribution in [0.25, 0.3) is 50.2 Å². The minimum Gasteiger partial charge on any atom is -0.283 e. The minimum atomic E-state index is 0.860. The number of benzene rings is 4. The molecular formula is C32H25N3. The van der Waals surface area contributed by atoms with Crippen molar-refractivity contribution in [1.82, 2.24) is 14.5 Å². The molecule has 0 spiro atoms. The van der Waals surface area contributed by atoms with E-state index in [-0.39, 0.29) is 0 Å². The van der Waals surface area contributed by atoms with E-state index in [1.54, 1.807) is 0 Å². The lowest BCUT2D eigenvalue weighted by atomic mass is 9.96. The van der Waals surface area contributed by atoms with Gasteiger partial charge in [0.05, 0.1) is 0 Å². The van der Waals surface area contributed by atoms with Crippen molar-refractivity contribution < 1.29 is 0 Å². The lowest BCUT2D eigenvalue weighted by Crippen LogP contribution is -1.96. The second kappa shape index (κ2) is 8.69. The summed E-state index contributed by atoms with van der Waals surface area (Å²) in [6.45, 7) is 4.32. The maximum atomic E-state index is 4.79. The van der Waals surface area contributed by atoms with Gasteiger partial charge in [-0.3, -0.25) is 4.57 Å². The van der Waals surface area contributed by atoms with Gasteiger partial charge in [-0.2, -0.15) is 0 Å². The van der Waals surface area contributed by atoms with E-state index in [1.165, 1.54) is 33.4 Å². The number of hydrogen-bond donors (Lipinski definition) is 0. The summed E-state index contributed by atoms with van der Waals surface area (Å²) in [5.74, 6) is 0. The standard InChI is InChI=1S/C32H25N3/c1-22-19-26(13-15-28(22)24-9-5-3-6-10-24)30-17-18-33-32-31(30)34-21-35(32)27-14-16-29(23(2)20-27)25-11-7-4-8-12-25/h3-21H,1-2H3. The highest BCUT2D eigenvalue weighted by Gasteiger charge is 2.14. The van der Waals surface area contributed by atoms with Crippen LogP contribution in [0.4, 0.5) is 0 Å². The van der Waals surface area contributed by atoms with Crippen LogP contribution >= 0.6 is 0 Å². The van der Waals surface area contributed by atoms with Crippen molar-refractivity contribution in [2.45, 2.75) is 13.8 Å². The molecule has 0 atom stereocenters. The van der Waals surface area contributed by atoms with Crippen LogP contribution in [0.3, 0.4) is 0 Å². The monoisotopic (exact) mass is 451 g/mol. The fraction of sp³-hybridized carbons (Fsp3) is 0.0625. The maximum Gasteiger partial charge on any atom is 0.165 e. The van der Waals surface area contributed by atoms with Crippen LogP contribution in [0, 0.1) is 13.8 Å². The van der Waals surface area contributed by atoms with E-state index < -0.39 is 0 Å². The fourth-order valence-electron chi connectivity index (χ4n) is 4.85. The molecule has 0 amide bonds. The summed E-state index contributed by atoms with van der Waals surface area (Å²) in [5, 5.41) is 0.